The Morgan fingerprint density at radius 2 is 2.28 bits per heavy atom. The van der Waals surface area contributed by atoms with Crippen LogP contribution in [0.2, 0.25) is 0 Å². The Hall–Kier alpha value is -0.940. The molecule has 0 aliphatic heterocycles. The average molecular weight is 318 g/mol. The van der Waals surface area contributed by atoms with Gasteiger partial charge in [0.2, 0.25) is 0 Å². The van der Waals surface area contributed by atoms with Crippen LogP contribution in [-0.2, 0) is 9.53 Å². The molecule has 18 heavy (non-hydrogen) atoms. The lowest BCUT2D eigenvalue weighted by atomic mass is 10.1. The lowest BCUT2D eigenvalue weighted by molar-refractivity contribution is -0.143. The molecule has 1 N–H and O–H groups in total. The zero-order chi connectivity index (χ0) is 13.5. The van der Waals surface area contributed by atoms with Crippen LogP contribution in [0.25, 0.3) is 0 Å². The van der Waals surface area contributed by atoms with E-state index in [1.165, 1.54) is 12.1 Å². The summed E-state index contributed by atoms with van der Waals surface area (Å²) in [5.41, 5.74) is 0.959. The van der Waals surface area contributed by atoms with Crippen LogP contribution in [-0.4, -0.2) is 19.1 Å². The van der Waals surface area contributed by atoms with Gasteiger partial charge < -0.3 is 10.1 Å². The molecule has 0 saturated heterocycles. The SMILES string of the molecule is CCOC(=O)CCNC(C)c1ccc(F)cc1Br. The monoisotopic (exact) mass is 317 g/mol. The summed E-state index contributed by atoms with van der Waals surface area (Å²) in [6.45, 7) is 4.68. The first kappa shape index (κ1) is 15.1. The molecule has 0 radical (unpaired) electrons. The number of carbonyl (C=O) groups is 1. The van der Waals surface area contributed by atoms with E-state index in [9.17, 15) is 9.18 Å². The van der Waals surface area contributed by atoms with Crippen molar-refractivity contribution in [1.29, 1.82) is 0 Å². The molecule has 5 heteroatoms. The number of hydrogen-bond acceptors (Lipinski definition) is 3. The predicted octanol–water partition coefficient (Wildman–Crippen LogP) is 3.19. The minimum atomic E-state index is -0.274. The number of halogens is 2. The molecule has 1 rings (SSSR count). The zero-order valence-corrected chi connectivity index (χ0v) is 12.1. The Kier molecular flexibility index (Phi) is 6.29. The minimum absolute atomic E-state index is 0.0365. The average Bonchev–Trinajstić information content (AvgIpc) is 2.29. The van der Waals surface area contributed by atoms with Crippen LogP contribution in [0.15, 0.2) is 22.7 Å². The van der Waals surface area contributed by atoms with Crippen LogP contribution in [0.1, 0.15) is 31.9 Å². The van der Waals surface area contributed by atoms with Crippen LogP contribution in [0, 0.1) is 5.82 Å². The van der Waals surface area contributed by atoms with Crippen molar-refractivity contribution in [1.82, 2.24) is 5.32 Å². The van der Waals surface area contributed by atoms with Gasteiger partial charge in [-0.3, -0.25) is 4.79 Å². The Bertz CT molecular complexity index is 412. The summed E-state index contributed by atoms with van der Waals surface area (Å²) in [5, 5.41) is 3.20. The van der Waals surface area contributed by atoms with Crippen molar-refractivity contribution in [2.45, 2.75) is 26.3 Å². The highest BCUT2D eigenvalue weighted by molar-refractivity contribution is 9.10. The maximum absolute atomic E-state index is 12.9. The van der Waals surface area contributed by atoms with Crippen molar-refractivity contribution < 1.29 is 13.9 Å². The van der Waals surface area contributed by atoms with E-state index in [2.05, 4.69) is 21.2 Å². The molecule has 0 aromatic heterocycles. The van der Waals surface area contributed by atoms with Gasteiger partial charge in [0.05, 0.1) is 13.0 Å². The molecule has 0 aliphatic rings. The largest absolute Gasteiger partial charge is 0.466 e. The van der Waals surface area contributed by atoms with Gasteiger partial charge in [0.1, 0.15) is 5.82 Å². The van der Waals surface area contributed by atoms with Crippen LogP contribution in [0.4, 0.5) is 4.39 Å². The van der Waals surface area contributed by atoms with Crippen LogP contribution >= 0.6 is 15.9 Å². The first-order valence-corrected chi connectivity index (χ1v) is 6.67. The van der Waals surface area contributed by atoms with E-state index >= 15 is 0 Å². The first-order valence-electron chi connectivity index (χ1n) is 5.88. The maximum Gasteiger partial charge on any atom is 0.307 e. The first-order chi connectivity index (χ1) is 8.54. The highest BCUT2D eigenvalue weighted by Crippen LogP contribution is 2.23. The molecule has 0 aliphatic carbocycles. The Morgan fingerprint density at radius 3 is 2.89 bits per heavy atom. The minimum Gasteiger partial charge on any atom is -0.466 e. The lowest BCUT2D eigenvalue weighted by Gasteiger charge is -2.15. The molecule has 0 saturated carbocycles. The summed E-state index contributed by atoms with van der Waals surface area (Å²) in [7, 11) is 0. The number of nitrogens with one attached hydrogen (secondary N) is 1. The van der Waals surface area contributed by atoms with E-state index in [1.807, 2.05) is 6.92 Å². The zero-order valence-electron chi connectivity index (χ0n) is 10.5. The van der Waals surface area contributed by atoms with E-state index < -0.39 is 0 Å². The number of rotatable bonds is 6. The quantitative estimate of drug-likeness (QED) is 0.819. The molecule has 1 aromatic carbocycles. The molecule has 1 unspecified atom stereocenters. The van der Waals surface area contributed by atoms with E-state index in [4.69, 9.17) is 4.74 Å². The molecule has 3 nitrogen and oxygen atoms in total. The Balaban J connectivity index is 2.45. The van der Waals surface area contributed by atoms with Crippen molar-refractivity contribution in [3.8, 4) is 0 Å². The third-order valence-electron chi connectivity index (χ3n) is 2.51. The molecular formula is C13H17BrFNO2. The van der Waals surface area contributed by atoms with Crippen molar-refractivity contribution in [3.05, 3.63) is 34.1 Å². The van der Waals surface area contributed by atoms with Crippen molar-refractivity contribution in [2.24, 2.45) is 0 Å². The molecule has 0 bridgehead atoms. The van der Waals surface area contributed by atoms with Crippen molar-refractivity contribution >= 4 is 21.9 Å². The molecular weight excluding hydrogens is 301 g/mol. The highest BCUT2D eigenvalue weighted by atomic mass is 79.9. The number of ether oxygens (including phenoxy) is 1. The molecule has 1 atom stereocenters. The van der Waals surface area contributed by atoms with Gasteiger partial charge in [-0.25, -0.2) is 4.39 Å². The van der Waals surface area contributed by atoms with E-state index in [0.717, 1.165) is 10.0 Å². The van der Waals surface area contributed by atoms with Crippen LogP contribution in [0.5, 0.6) is 0 Å². The Morgan fingerprint density at radius 1 is 1.56 bits per heavy atom. The second-order valence-electron chi connectivity index (χ2n) is 3.90. The van der Waals surface area contributed by atoms with Crippen molar-refractivity contribution in [2.75, 3.05) is 13.2 Å². The number of hydrogen-bond donors (Lipinski definition) is 1. The van der Waals surface area contributed by atoms with Gasteiger partial charge in [-0.05, 0) is 31.5 Å². The number of carbonyl (C=O) groups excluding carboxylic acids is 1. The maximum atomic E-state index is 12.9. The molecule has 1 aromatic rings. The van der Waals surface area contributed by atoms with Gasteiger partial charge in [-0.1, -0.05) is 22.0 Å². The van der Waals surface area contributed by atoms with E-state index in [0.29, 0.717) is 19.6 Å². The second kappa shape index (κ2) is 7.48. The molecule has 0 fully saturated rings. The fourth-order valence-electron chi connectivity index (χ4n) is 1.59. The fraction of sp³-hybridized carbons (Fsp3) is 0.462. The van der Waals surface area contributed by atoms with E-state index in [1.54, 1.807) is 13.0 Å². The van der Waals surface area contributed by atoms with Gasteiger partial charge in [0, 0.05) is 17.1 Å². The summed E-state index contributed by atoms with van der Waals surface area (Å²) in [6, 6.07) is 4.61. The summed E-state index contributed by atoms with van der Waals surface area (Å²) in [6.07, 6.45) is 0.330. The smallest absolute Gasteiger partial charge is 0.307 e. The van der Waals surface area contributed by atoms with Gasteiger partial charge in [0.25, 0.3) is 0 Å². The van der Waals surface area contributed by atoms with Crippen LogP contribution in [0.3, 0.4) is 0 Å². The lowest BCUT2D eigenvalue weighted by Crippen LogP contribution is -2.23. The molecule has 0 spiro atoms. The van der Waals surface area contributed by atoms with Gasteiger partial charge in [-0.2, -0.15) is 0 Å². The van der Waals surface area contributed by atoms with Gasteiger partial charge in [-0.15, -0.1) is 0 Å². The van der Waals surface area contributed by atoms with Crippen molar-refractivity contribution in [3.63, 3.8) is 0 Å². The topological polar surface area (TPSA) is 38.3 Å². The fourth-order valence-corrected chi connectivity index (χ4v) is 2.28. The number of esters is 1. The molecule has 100 valence electrons. The predicted molar refractivity (Wildman–Crippen MR) is 71.8 cm³/mol. The third kappa shape index (κ3) is 4.74. The summed E-state index contributed by atoms with van der Waals surface area (Å²) in [4.78, 5) is 11.2. The highest BCUT2D eigenvalue weighted by Gasteiger charge is 2.10. The standard InChI is InChI=1S/C13H17BrFNO2/c1-3-18-13(17)6-7-16-9(2)11-5-4-10(15)8-12(11)14/h4-5,8-9,16H,3,6-7H2,1-2H3. The van der Waals surface area contributed by atoms with Gasteiger partial charge >= 0.3 is 5.97 Å². The van der Waals surface area contributed by atoms with Crippen LogP contribution < -0.4 is 5.32 Å². The third-order valence-corrected chi connectivity index (χ3v) is 3.20. The van der Waals surface area contributed by atoms with E-state index in [-0.39, 0.29) is 17.8 Å². The summed E-state index contributed by atoms with van der Waals surface area (Å²) < 4.78 is 18.5. The summed E-state index contributed by atoms with van der Waals surface area (Å²) in [5.74, 6) is -0.486. The van der Waals surface area contributed by atoms with Gasteiger partial charge in [0.15, 0.2) is 0 Å². The Labute approximate surface area is 115 Å². The normalized spacial score (nSPS) is 12.2. The molecule has 0 heterocycles. The second-order valence-corrected chi connectivity index (χ2v) is 4.75. The number of benzene rings is 1. The summed E-state index contributed by atoms with van der Waals surface area (Å²) >= 11 is 3.32. The molecule has 0 amide bonds.